The lowest BCUT2D eigenvalue weighted by Gasteiger charge is -2.14. The molecule has 0 amide bonds. The Morgan fingerprint density at radius 3 is 2.33 bits per heavy atom. The lowest BCUT2D eigenvalue weighted by Crippen LogP contribution is -2.33. The lowest BCUT2D eigenvalue weighted by atomic mass is 10.1. The van der Waals surface area contributed by atoms with E-state index >= 15 is 0 Å². The summed E-state index contributed by atoms with van der Waals surface area (Å²) in [4.78, 5) is 6.95. The first-order valence-corrected chi connectivity index (χ1v) is 5.79. The van der Waals surface area contributed by atoms with Gasteiger partial charge in [0.15, 0.2) is 5.84 Å². The van der Waals surface area contributed by atoms with E-state index in [9.17, 15) is 0 Å². The Morgan fingerprint density at radius 1 is 1.40 bits per heavy atom. The minimum absolute atomic E-state index is 0.118. The van der Waals surface area contributed by atoms with Gasteiger partial charge in [-0.3, -0.25) is 4.99 Å². The maximum Gasteiger partial charge on any atom is 0.153 e. The highest BCUT2D eigenvalue weighted by Crippen LogP contribution is 2.21. The van der Waals surface area contributed by atoms with Crippen LogP contribution in [0.3, 0.4) is 0 Å². The van der Waals surface area contributed by atoms with Crippen LogP contribution in [0.2, 0.25) is 0 Å². The fourth-order valence-corrected chi connectivity index (χ4v) is 2.17. The van der Waals surface area contributed by atoms with Crippen molar-refractivity contribution >= 4 is 17.2 Å². The predicted octanol–water partition coefficient (Wildman–Crippen LogP) is 2.37. The van der Waals surface area contributed by atoms with Crippen LogP contribution in [0.15, 0.2) is 11.1 Å². The van der Waals surface area contributed by atoms with Crippen LogP contribution in [-0.2, 0) is 0 Å². The monoisotopic (exact) mass is 225 g/mol. The van der Waals surface area contributed by atoms with E-state index < -0.39 is 0 Å². The molecule has 3 nitrogen and oxygen atoms in total. The van der Waals surface area contributed by atoms with E-state index in [0.29, 0.717) is 0 Å². The smallest absolute Gasteiger partial charge is 0.153 e. The van der Waals surface area contributed by atoms with Crippen molar-refractivity contribution in [3.63, 3.8) is 0 Å². The molecule has 0 aromatic carbocycles. The molecule has 0 bridgehead atoms. The number of nitrogens with two attached hydrogens (primary N) is 1. The van der Waals surface area contributed by atoms with Gasteiger partial charge < -0.3 is 5.43 Å². The number of amidine groups is 1. The Labute approximate surface area is 95.4 Å². The van der Waals surface area contributed by atoms with Gasteiger partial charge in [0.05, 0.1) is 10.4 Å². The van der Waals surface area contributed by atoms with Crippen LogP contribution >= 0.6 is 11.3 Å². The Hall–Kier alpha value is -0.870. The Kier molecular flexibility index (Phi) is 3.52. The first-order valence-electron chi connectivity index (χ1n) is 4.97. The van der Waals surface area contributed by atoms with Gasteiger partial charge in [-0.25, -0.2) is 5.84 Å². The summed E-state index contributed by atoms with van der Waals surface area (Å²) in [6.07, 6.45) is 0. The second kappa shape index (κ2) is 4.33. The predicted molar refractivity (Wildman–Crippen MR) is 67.4 cm³/mol. The van der Waals surface area contributed by atoms with Crippen LogP contribution in [-0.4, -0.2) is 11.4 Å². The van der Waals surface area contributed by atoms with Gasteiger partial charge in [0.2, 0.25) is 0 Å². The van der Waals surface area contributed by atoms with Crippen molar-refractivity contribution in [2.24, 2.45) is 10.8 Å². The van der Waals surface area contributed by atoms with Crippen LogP contribution in [0.25, 0.3) is 0 Å². The molecule has 0 aliphatic heterocycles. The number of rotatable bonds is 1. The topological polar surface area (TPSA) is 50.4 Å². The standard InChI is InChI=1S/C11H19N3S/c1-7-6-9(15-8(7)2)10(14-12)13-11(3,4)5/h6H,12H2,1-5H3,(H,13,14). The zero-order chi connectivity index (χ0) is 11.6. The molecule has 1 heterocycles. The first kappa shape index (κ1) is 12.2. The highest BCUT2D eigenvalue weighted by atomic mass is 32.1. The van der Waals surface area contributed by atoms with Crippen LogP contribution < -0.4 is 11.3 Å². The summed E-state index contributed by atoms with van der Waals surface area (Å²) in [5.41, 5.74) is 3.84. The van der Waals surface area contributed by atoms with E-state index in [1.54, 1.807) is 11.3 Å². The summed E-state index contributed by atoms with van der Waals surface area (Å²) in [7, 11) is 0. The summed E-state index contributed by atoms with van der Waals surface area (Å²) in [6, 6.07) is 2.12. The average Bonchev–Trinajstić information content (AvgIpc) is 2.41. The maximum atomic E-state index is 5.50. The van der Waals surface area contributed by atoms with E-state index in [1.807, 2.05) is 0 Å². The third-order valence-electron chi connectivity index (χ3n) is 1.98. The Morgan fingerprint density at radius 2 is 2.00 bits per heavy atom. The van der Waals surface area contributed by atoms with Crippen molar-refractivity contribution in [1.82, 2.24) is 5.43 Å². The minimum atomic E-state index is -0.118. The number of thiophene rings is 1. The van der Waals surface area contributed by atoms with Gasteiger partial charge in [0.1, 0.15) is 0 Å². The second-order valence-electron chi connectivity index (χ2n) is 4.63. The van der Waals surface area contributed by atoms with E-state index in [1.165, 1.54) is 10.4 Å². The number of aryl methyl sites for hydroxylation is 2. The van der Waals surface area contributed by atoms with Crippen LogP contribution in [0, 0.1) is 13.8 Å². The molecule has 15 heavy (non-hydrogen) atoms. The molecule has 84 valence electrons. The summed E-state index contributed by atoms with van der Waals surface area (Å²) >= 11 is 1.71. The fourth-order valence-electron chi connectivity index (χ4n) is 1.18. The van der Waals surface area contributed by atoms with Gasteiger partial charge in [0, 0.05) is 4.88 Å². The highest BCUT2D eigenvalue weighted by molar-refractivity contribution is 7.14. The molecule has 0 unspecified atom stereocenters. The SMILES string of the molecule is Cc1cc(C(=NC(C)(C)C)NN)sc1C. The molecule has 0 saturated carbocycles. The summed E-state index contributed by atoms with van der Waals surface area (Å²) in [5.74, 6) is 6.26. The Balaban J connectivity index is 3.08. The number of hydrogen-bond donors (Lipinski definition) is 2. The zero-order valence-corrected chi connectivity index (χ0v) is 10.8. The molecular weight excluding hydrogens is 206 g/mol. The molecule has 4 heteroatoms. The largest absolute Gasteiger partial charge is 0.308 e. The van der Waals surface area contributed by atoms with E-state index in [0.717, 1.165) is 10.7 Å². The molecule has 0 aliphatic carbocycles. The highest BCUT2D eigenvalue weighted by Gasteiger charge is 2.13. The minimum Gasteiger partial charge on any atom is -0.308 e. The molecule has 0 radical (unpaired) electrons. The normalized spacial score (nSPS) is 13.1. The van der Waals surface area contributed by atoms with Crippen molar-refractivity contribution < 1.29 is 0 Å². The van der Waals surface area contributed by atoms with Gasteiger partial charge in [-0.1, -0.05) is 0 Å². The molecule has 0 spiro atoms. The molecule has 0 saturated heterocycles. The molecule has 0 atom stereocenters. The lowest BCUT2D eigenvalue weighted by molar-refractivity contribution is 0.580. The number of hydrogen-bond acceptors (Lipinski definition) is 3. The summed E-state index contributed by atoms with van der Waals surface area (Å²) in [5, 5.41) is 0. The third-order valence-corrected chi connectivity index (χ3v) is 3.14. The fraction of sp³-hybridized carbons (Fsp3) is 0.545. The number of nitrogens with zero attached hydrogens (tertiary/aromatic N) is 1. The molecule has 1 aromatic rings. The third kappa shape index (κ3) is 3.32. The molecule has 0 fully saturated rings. The van der Waals surface area contributed by atoms with Crippen LogP contribution in [0.5, 0.6) is 0 Å². The molecule has 1 aromatic heterocycles. The molecule has 0 aliphatic rings. The van der Waals surface area contributed by atoms with Crippen LogP contribution in [0.4, 0.5) is 0 Å². The van der Waals surface area contributed by atoms with Gasteiger partial charge in [-0.15, -0.1) is 11.3 Å². The van der Waals surface area contributed by atoms with Crippen molar-refractivity contribution in [2.75, 3.05) is 0 Å². The van der Waals surface area contributed by atoms with Gasteiger partial charge in [-0.05, 0) is 46.2 Å². The quantitative estimate of drug-likeness (QED) is 0.334. The maximum absolute atomic E-state index is 5.50. The van der Waals surface area contributed by atoms with E-state index in [4.69, 9.17) is 5.84 Å². The molecular formula is C11H19N3S. The van der Waals surface area contributed by atoms with E-state index in [-0.39, 0.29) is 5.54 Å². The van der Waals surface area contributed by atoms with Crippen molar-refractivity contribution in [1.29, 1.82) is 0 Å². The van der Waals surface area contributed by atoms with Gasteiger partial charge in [0.25, 0.3) is 0 Å². The zero-order valence-electron chi connectivity index (χ0n) is 10.0. The molecule has 3 N–H and O–H groups in total. The van der Waals surface area contributed by atoms with Crippen molar-refractivity contribution in [3.05, 3.63) is 21.4 Å². The summed E-state index contributed by atoms with van der Waals surface area (Å²) < 4.78 is 0. The molecule has 1 rings (SSSR count). The first-order chi connectivity index (χ1) is 6.83. The Bertz CT molecular complexity index is 352. The number of aliphatic imine (C=N–C) groups is 1. The van der Waals surface area contributed by atoms with Gasteiger partial charge >= 0.3 is 0 Å². The van der Waals surface area contributed by atoms with E-state index in [2.05, 4.69) is 51.1 Å². The average molecular weight is 225 g/mol. The summed E-state index contributed by atoms with van der Waals surface area (Å²) in [6.45, 7) is 10.4. The van der Waals surface area contributed by atoms with Gasteiger partial charge in [-0.2, -0.15) is 0 Å². The van der Waals surface area contributed by atoms with Crippen LogP contribution in [0.1, 0.15) is 36.1 Å². The number of hydrazine groups is 1. The second-order valence-corrected chi connectivity index (χ2v) is 5.88. The van der Waals surface area contributed by atoms with Crippen molar-refractivity contribution in [2.45, 2.75) is 40.2 Å². The van der Waals surface area contributed by atoms with Crippen molar-refractivity contribution in [3.8, 4) is 0 Å². The number of nitrogens with one attached hydrogen (secondary N) is 1.